The SMILES string of the molecule is COc1ccc(Cl)cc1S(=O)(=O)N[C@H]1CC2(CCCCC2)Oc2ccccc21. The summed E-state index contributed by atoms with van der Waals surface area (Å²) in [5.74, 6) is 1.03. The molecule has 1 N–H and O–H groups in total. The fourth-order valence-electron chi connectivity index (χ4n) is 4.34. The molecule has 1 fully saturated rings. The van der Waals surface area contributed by atoms with Crippen molar-refractivity contribution < 1.29 is 17.9 Å². The van der Waals surface area contributed by atoms with Gasteiger partial charge < -0.3 is 9.47 Å². The summed E-state index contributed by atoms with van der Waals surface area (Å²) in [5, 5.41) is 0.345. The number of nitrogens with one attached hydrogen (secondary N) is 1. The Balaban J connectivity index is 1.71. The molecule has 5 nitrogen and oxygen atoms in total. The average Bonchev–Trinajstić information content (AvgIpc) is 2.68. The maximum Gasteiger partial charge on any atom is 0.244 e. The minimum Gasteiger partial charge on any atom is -0.495 e. The average molecular weight is 422 g/mol. The van der Waals surface area contributed by atoms with Crippen molar-refractivity contribution in [1.29, 1.82) is 0 Å². The number of ether oxygens (including phenoxy) is 2. The van der Waals surface area contributed by atoms with Gasteiger partial charge in [-0.2, -0.15) is 0 Å². The summed E-state index contributed by atoms with van der Waals surface area (Å²) >= 11 is 6.05. The van der Waals surface area contributed by atoms with Crippen LogP contribution < -0.4 is 14.2 Å². The number of benzene rings is 2. The maximum absolute atomic E-state index is 13.2. The van der Waals surface area contributed by atoms with E-state index < -0.39 is 10.0 Å². The smallest absolute Gasteiger partial charge is 0.244 e. The minimum absolute atomic E-state index is 0.0455. The third-order valence-corrected chi connectivity index (χ3v) is 7.40. The Bertz CT molecular complexity index is 970. The summed E-state index contributed by atoms with van der Waals surface area (Å²) in [4.78, 5) is 0.0455. The quantitative estimate of drug-likeness (QED) is 0.766. The molecule has 1 aliphatic heterocycles. The Labute approximate surface area is 171 Å². The monoisotopic (exact) mass is 421 g/mol. The highest BCUT2D eigenvalue weighted by atomic mass is 35.5. The number of hydrogen-bond acceptors (Lipinski definition) is 4. The lowest BCUT2D eigenvalue weighted by molar-refractivity contribution is 0.0000737. The molecule has 2 aromatic carbocycles. The number of sulfonamides is 1. The van der Waals surface area contributed by atoms with Gasteiger partial charge in [-0.1, -0.05) is 36.2 Å². The van der Waals surface area contributed by atoms with E-state index in [9.17, 15) is 8.42 Å². The largest absolute Gasteiger partial charge is 0.495 e. The molecule has 0 saturated heterocycles. The van der Waals surface area contributed by atoms with E-state index in [2.05, 4.69) is 4.72 Å². The molecule has 28 heavy (non-hydrogen) atoms. The maximum atomic E-state index is 13.2. The van der Waals surface area contributed by atoms with Crippen molar-refractivity contribution in [3.05, 3.63) is 53.1 Å². The van der Waals surface area contributed by atoms with Crippen LogP contribution in [0, 0.1) is 0 Å². The van der Waals surface area contributed by atoms with Crippen LogP contribution in [0.1, 0.15) is 50.1 Å². The van der Waals surface area contributed by atoms with Gasteiger partial charge in [0.05, 0.1) is 13.2 Å². The number of fused-ring (bicyclic) bond motifs is 1. The molecule has 1 heterocycles. The van der Waals surface area contributed by atoms with Crippen molar-refractivity contribution in [2.75, 3.05) is 7.11 Å². The van der Waals surface area contributed by atoms with Crippen molar-refractivity contribution in [3.63, 3.8) is 0 Å². The van der Waals surface area contributed by atoms with E-state index in [1.807, 2.05) is 24.3 Å². The Kier molecular flexibility index (Phi) is 5.29. The van der Waals surface area contributed by atoms with Crippen LogP contribution in [-0.2, 0) is 10.0 Å². The van der Waals surface area contributed by atoms with Crippen molar-refractivity contribution in [2.45, 2.75) is 55.1 Å². The van der Waals surface area contributed by atoms with Crippen LogP contribution >= 0.6 is 11.6 Å². The van der Waals surface area contributed by atoms with Crippen LogP contribution in [0.2, 0.25) is 5.02 Å². The molecule has 0 unspecified atom stereocenters. The summed E-state index contributed by atoms with van der Waals surface area (Å²) in [5.41, 5.74) is 0.557. The highest BCUT2D eigenvalue weighted by Crippen LogP contribution is 2.46. The predicted molar refractivity (Wildman–Crippen MR) is 109 cm³/mol. The van der Waals surface area contributed by atoms with Crippen molar-refractivity contribution in [2.24, 2.45) is 0 Å². The fourth-order valence-corrected chi connectivity index (χ4v) is 5.98. The molecular weight excluding hydrogens is 398 g/mol. The minimum atomic E-state index is -3.84. The Morgan fingerprint density at radius 2 is 1.89 bits per heavy atom. The Hall–Kier alpha value is -1.76. The Morgan fingerprint density at radius 1 is 1.14 bits per heavy atom. The highest BCUT2D eigenvalue weighted by Gasteiger charge is 2.43. The molecule has 1 spiro atoms. The molecular formula is C21H24ClNO4S. The summed E-state index contributed by atoms with van der Waals surface area (Å²) in [6.07, 6.45) is 5.91. The second kappa shape index (κ2) is 7.58. The summed E-state index contributed by atoms with van der Waals surface area (Å²) < 4.78 is 41.0. The van der Waals surface area contributed by atoms with Crippen LogP contribution in [0.5, 0.6) is 11.5 Å². The molecule has 7 heteroatoms. The number of halogens is 1. The third-order valence-electron chi connectivity index (χ3n) is 5.67. The standard InChI is InChI=1S/C21H24ClNO4S/c1-26-19-10-9-15(22)13-20(19)28(24,25)23-17-14-21(11-5-2-6-12-21)27-18-8-4-3-7-16(17)18/h3-4,7-10,13,17,23H,2,5-6,11-12,14H2,1H3/t17-/m0/s1. The number of hydrogen-bond donors (Lipinski definition) is 1. The molecule has 1 saturated carbocycles. The molecule has 150 valence electrons. The van der Waals surface area contributed by atoms with E-state index in [1.165, 1.54) is 19.6 Å². The normalized spacial score (nSPS) is 21.0. The lowest BCUT2D eigenvalue weighted by Crippen LogP contribution is -2.46. The number of methoxy groups -OCH3 is 1. The van der Waals surface area contributed by atoms with Gasteiger partial charge in [-0.15, -0.1) is 0 Å². The van der Waals surface area contributed by atoms with Crippen LogP contribution in [0.4, 0.5) is 0 Å². The van der Waals surface area contributed by atoms with Crippen LogP contribution in [0.25, 0.3) is 0 Å². The topological polar surface area (TPSA) is 64.6 Å². The second-order valence-corrected chi connectivity index (χ2v) is 9.68. The van der Waals surface area contributed by atoms with Gasteiger partial charge in [-0.05, 0) is 49.9 Å². The third kappa shape index (κ3) is 3.73. The fraction of sp³-hybridized carbons (Fsp3) is 0.429. The van der Waals surface area contributed by atoms with Crippen LogP contribution in [0.3, 0.4) is 0 Å². The number of para-hydroxylation sites is 1. The lowest BCUT2D eigenvalue weighted by atomic mass is 9.77. The first-order valence-corrected chi connectivity index (χ1v) is 11.4. The predicted octanol–water partition coefficient (Wildman–Crippen LogP) is 4.85. The summed E-state index contributed by atoms with van der Waals surface area (Å²) in [7, 11) is -2.39. The second-order valence-electron chi connectivity index (χ2n) is 7.56. The van der Waals surface area contributed by atoms with Crippen LogP contribution in [-0.4, -0.2) is 21.1 Å². The van der Waals surface area contributed by atoms with Gasteiger partial charge in [-0.25, -0.2) is 13.1 Å². The first kappa shape index (κ1) is 19.6. The molecule has 1 aliphatic carbocycles. The van der Waals surface area contributed by atoms with E-state index in [0.717, 1.165) is 37.0 Å². The molecule has 0 radical (unpaired) electrons. The van der Waals surface area contributed by atoms with Crippen molar-refractivity contribution in [1.82, 2.24) is 4.72 Å². The molecule has 0 bridgehead atoms. The van der Waals surface area contributed by atoms with Gasteiger partial charge in [0.2, 0.25) is 10.0 Å². The van der Waals surface area contributed by atoms with Crippen LogP contribution in [0.15, 0.2) is 47.4 Å². The number of rotatable bonds is 4. The van der Waals surface area contributed by atoms with Crippen molar-refractivity contribution >= 4 is 21.6 Å². The van der Waals surface area contributed by atoms with Gasteiger partial charge in [0, 0.05) is 17.0 Å². The summed E-state index contributed by atoms with van der Waals surface area (Å²) in [6.45, 7) is 0. The van der Waals surface area contributed by atoms with E-state index in [4.69, 9.17) is 21.1 Å². The van der Waals surface area contributed by atoms with Gasteiger partial charge in [0.1, 0.15) is 22.0 Å². The molecule has 0 amide bonds. The van der Waals surface area contributed by atoms with Gasteiger partial charge in [-0.3, -0.25) is 0 Å². The molecule has 0 aromatic heterocycles. The highest BCUT2D eigenvalue weighted by molar-refractivity contribution is 7.89. The molecule has 2 aromatic rings. The Morgan fingerprint density at radius 3 is 2.64 bits per heavy atom. The summed E-state index contributed by atoms with van der Waals surface area (Å²) in [6, 6.07) is 11.9. The first-order valence-electron chi connectivity index (χ1n) is 9.56. The first-order chi connectivity index (χ1) is 13.4. The molecule has 2 aliphatic rings. The zero-order valence-corrected chi connectivity index (χ0v) is 17.4. The van der Waals surface area contributed by atoms with E-state index >= 15 is 0 Å². The van der Waals surface area contributed by atoms with E-state index in [0.29, 0.717) is 11.4 Å². The van der Waals surface area contributed by atoms with E-state index in [-0.39, 0.29) is 22.3 Å². The van der Waals surface area contributed by atoms with Gasteiger partial charge in [0.15, 0.2) is 0 Å². The zero-order valence-electron chi connectivity index (χ0n) is 15.8. The molecule has 4 rings (SSSR count). The molecule has 1 atom stereocenters. The van der Waals surface area contributed by atoms with Gasteiger partial charge >= 0.3 is 0 Å². The lowest BCUT2D eigenvalue weighted by Gasteiger charge is -2.44. The van der Waals surface area contributed by atoms with Crippen molar-refractivity contribution in [3.8, 4) is 11.5 Å². The zero-order chi connectivity index (χ0) is 19.8. The van der Waals surface area contributed by atoms with E-state index in [1.54, 1.807) is 12.1 Å². The van der Waals surface area contributed by atoms with Gasteiger partial charge in [0.25, 0.3) is 0 Å².